The van der Waals surface area contributed by atoms with Crippen LogP contribution in [-0.4, -0.2) is 13.9 Å². The van der Waals surface area contributed by atoms with Crippen LogP contribution in [0.1, 0.15) is 11.1 Å². The van der Waals surface area contributed by atoms with Crippen molar-refractivity contribution in [2.75, 3.05) is 13.9 Å². The van der Waals surface area contributed by atoms with Gasteiger partial charge in [-0.15, -0.1) is 6.07 Å². The first-order valence-electron chi connectivity index (χ1n) is 7.33. The summed E-state index contributed by atoms with van der Waals surface area (Å²) < 4.78 is 10.8. The zero-order valence-corrected chi connectivity index (χ0v) is 14.1. The summed E-state index contributed by atoms with van der Waals surface area (Å²) in [6, 6.07) is 20.0. The third-order valence-corrected chi connectivity index (χ3v) is 3.78. The van der Waals surface area contributed by atoms with Crippen LogP contribution in [0.5, 0.6) is 5.75 Å². The van der Waals surface area contributed by atoms with Gasteiger partial charge in [0.25, 0.3) is 0 Å². The maximum atomic E-state index is 5.72. The molecule has 3 rings (SSSR count). The minimum Gasteiger partial charge on any atom is -0.493 e. The van der Waals surface area contributed by atoms with Crippen LogP contribution in [-0.2, 0) is 4.74 Å². The maximum Gasteiger partial charge on any atom is 1.00 e. The Hall–Kier alpha value is -1.72. The number of hydrogen-bond acceptors (Lipinski definition) is 2. The molecule has 0 bridgehead atoms. The zero-order valence-electron chi connectivity index (χ0n) is 14.1. The molecule has 0 unspecified atom stereocenters. The summed E-state index contributed by atoms with van der Waals surface area (Å²) in [6.45, 7) is 4.42. The van der Waals surface area contributed by atoms with Crippen molar-refractivity contribution in [3.63, 3.8) is 0 Å². The Morgan fingerprint density at radius 2 is 1.83 bits per heavy atom. The minimum atomic E-state index is 0. The largest absolute Gasteiger partial charge is 1.00 e. The van der Waals surface area contributed by atoms with Crippen molar-refractivity contribution in [2.45, 2.75) is 13.8 Å². The van der Waals surface area contributed by atoms with Gasteiger partial charge < -0.3 is 9.47 Å². The first kappa shape index (κ1) is 17.6. The molecule has 0 saturated carbocycles. The van der Waals surface area contributed by atoms with Crippen molar-refractivity contribution in [3.05, 3.63) is 65.7 Å². The molecule has 0 atom stereocenters. The van der Waals surface area contributed by atoms with Crippen LogP contribution in [0.4, 0.5) is 0 Å². The molecule has 3 heteroatoms. The van der Waals surface area contributed by atoms with Gasteiger partial charge in [-0.25, -0.2) is 0 Å². The molecule has 0 aliphatic rings. The molecule has 0 aromatic heterocycles. The van der Waals surface area contributed by atoms with Crippen molar-refractivity contribution < 1.29 is 28.3 Å². The summed E-state index contributed by atoms with van der Waals surface area (Å²) in [7, 11) is 1.62. The van der Waals surface area contributed by atoms with E-state index in [1.165, 1.54) is 21.9 Å². The first-order chi connectivity index (χ1) is 10.7. The number of methoxy groups -OCH3 is 1. The summed E-state index contributed by atoms with van der Waals surface area (Å²) in [5.41, 5.74) is 4.64. The van der Waals surface area contributed by atoms with Crippen molar-refractivity contribution in [2.24, 2.45) is 0 Å². The number of aryl methyl sites for hydroxylation is 2. The van der Waals surface area contributed by atoms with Gasteiger partial charge in [0.2, 0.25) is 0 Å². The molecule has 0 heterocycles. The van der Waals surface area contributed by atoms with E-state index in [9.17, 15) is 0 Å². The number of rotatable bonds is 4. The quantitative estimate of drug-likeness (QED) is 0.416. The maximum absolute atomic E-state index is 5.72. The summed E-state index contributed by atoms with van der Waals surface area (Å²) in [5, 5.41) is 2.45. The molecule has 0 fully saturated rings. The molecule has 0 amide bonds. The van der Waals surface area contributed by atoms with E-state index in [1.807, 2.05) is 6.07 Å². The zero-order chi connectivity index (χ0) is 15.5. The van der Waals surface area contributed by atoms with Gasteiger partial charge in [-0.05, 0) is 17.7 Å². The molecule has 0 aliphatic heterocycles. The van der Waals surface area contributed by atoms with E-state index in [0.717, 1.165) is 16.9 Å². The average Bonchev–Trinajstić information content (AvgIpc) is 2.53. The molecule has 23 heavy (non-hydrogen) atoms. The van der Waals surface area contributed by atoms with Gasteiger partial charge in [-0.1, -0.05) is 60.0 Å². The molecular formula is C20H19LiO2. The van der Waals surface area contributed by atoms with Crippen molar-refractivity contribution in [1.29, 1.82) is 0 Å². The van der Waals surface area contributed by atoms with E-state index in [-0.39, 0.29) is 25.7 Å². The van der Waals surface area contributed by atoms with Crippen molar-refractivity contribution >= 4 is 10.8 Å². The van der Waals surface area contributed by atoms with E-state index < -0.39 is 0 Å². The Kier molecular flexibility index (Phi) is 5.90. The topological polar surface area (TPSA) is 18.5 Å². The fraction of sp³-hybridized carbons (Fsp3) is 0.200. The van der Waals surface area contributed by atoms with Gasteiger partial charge in [0, 0.05) is 12.9 Å². The van der Waals surface area contributed by atoms with Crippen LogP contribution in [0.3, 0.4) is 0 Å². The predicted octanol–water partition coefficient (Wildman–Crippen LogP) is 1.91. The first-order valence-corrected chi connectivity index (χ1v) is 7.33. The van der Waals surface area contributed by atoms with Gasteiger partial charge in [0.15, 0.2) is 6.79 Å². The average molecular weight is 298 g/mol. The van der Waals surface area contributed by atoms with Gasteiger partial charge in [0.05, 0.1) is 0 Å². The molecule has 0 saturated heterocycles. The van der Waals surface area contributed by atoms with Crippen LogP contribution < -0.4 is 23.6 Å². The number of ether oxygens (including phenoxy) is 2. The predicted molar refractivity (Wildman–Crippen MR) is 90.2 cm³/mol. The van der Waals surface area contributed by atoms with Crippen LogP contribution in [0.15, 0.2) is 48.5 Å². The van der Waals surface area contributed by atoms with Crippen molar-refractivity contribution in [1.82, 2.24) is 0 Å². The van der Waals surface area contributed by atoms with Gasteiger partial charge in [-0.2, -0.15) is 17.7 Å². The number of fused-ring (bicyclic) bond motifs is 1. The standard InChI is InChI=1S/C20H19O2.Li/c1-14-8-11-19(22-13-21-3)18(12-14)20-15(2)9-10-16-6-4-5-7-17(16)20;/h4-10,12H,13H2,1-3H3;/q-1;+1. The van der Waals surface area contributed by atoms with E-state index in [4.69, 9.17) is 9.47 Å². The van der Waals surface area contributed by atoms with E-state index in [2.05, 4.69) is 62.4 Å². The molecule has 0 aliphatic carbocycles. The second-order valence-corrected chi connectivity index (χ2v) is 5.45. The number of hydrogen-bond donors (Lipinski definition) is 0. The van der Waals surface area contributed by atoms with E-state index >= 15 is 0 Å². The molecule has 0 N–H and O–H groups in total. The minimum absolute atomic E-state index is 0. The second-order valence-electron chi connectivity index (χ2n) is 5.45. The molecule has 3 aromatic rings. The Labute approximate surface area is 149 Å². The SMILES string of the molecule is COCOc1[c-]cc(C)cc1-c1c(C)ccc2ccccc12.[Li+]. The Morgan fingerprint density at radius 1 is 1.04 bits per heavy atom. The Balaban J connectivity index is 0.00000192. The molecule has 0 radical (unpaired) electrons. The fourth-order valence-corrected chi connectivity index (χ4v) is 2.75. The van der Waals surface area contributed by atoms with Crippen LogP contribution in [0.25, 0.3) is 21.9 Å². The Morgan fingerprint density at radius 3 is 2.61 bits per heavy atom. The van der Waals surface area contributed by atoms with E-state index in [0.29, 0.717) is 0 Å². The Bertz CT molecular complexity index is 812. The molecule has 2 nitrogen and oxygen atoms in total. The van der Waals surface area contributed by atoms with Crippen LogP contribution in [0.2, 0.25) is 0 Å². The van der Waals surface area contributed by atoms with Gasteiger partial charge in [-0.3, -0.25) is 0 Å². The second kappa shape index (κ2) is 7.70. The van der Waals surface area contributed by atoms with E-state index in [1.54, 1.807) is 7.11 Å². The summed E-state index contributed by atoms with van der Waals surface area (Å²) in [6.07, 6.45) is 0. The third kappa shape index (κ3) is 3.62. The summed E-state index contributed by atoms with van der Waals surface area (Å²) in [4.78, 5) is 0. The molecule has 0 spiro atoms. The normalized spacial score (nSPS) is 10.4. The van der Waals surface area contributed by atoms with Crippen LogP contribution in [0, 0.1) is 19.9 Å². The monoisotopic (exact) mass is 298 g/mol. The molecule has 3 aromatic carbocycles. The van der Waals surface area contributed by atoms with Crippen LogP contribution >= 0.6 is 0 Å². The number of benzene rings is 3. The fourth-order valence-electron chi connectivity index (χ4n) is 2.75. The van der Waals surface area contributed by atoms with Gasteiger partial charge >= 0.3 is 18.9 Å². The third-order valence-electron chi connectivity index (χ3n) is 3.78. The molecule has 112 valence electrons. The van der Waals surface area contributed by atoms with Crippen molar-refractivity contribution in [3.8, 4) is 16.9 Å². The van der Waals surface area contributed by atoms with Gasteiger partial charge in [0.1, 0.15) is 0 Å². The summed E-state index contributed by atoms with van der Waals surface area (Å²) >= 11 is 0. The smallest absolute Gasteiger partial charge is 0.493 e. The molecular weight excluding hydrogens is 279 g/mol. The summed E-state index contributed by atoms with van der Waals surface area (Å²) in [5.74, 6) is 0.729.